The van der Waals surface area contributed by atoms with Crippen LogP contribution in [0.25, 0.3) is 44.0 Å². The van der Waals surface area contributed by atoms with Gasteiger partial charge in [0.25, 0.3) is 5.91 Å². The lowest BCUT2D eigenvalue weighted by molar-refractivity contribution is 0.0950. The molecule has 0 aliphatic heterocycles. The fourth-order valence-electron chi connectivity index (χ4n) is 4.38. The first-order chi connectivity index (χ1) is 16.5. The van der Waals surface area contributed by atoms with Crippen LogP contribution in [0.1, 0.15) is 15.9 Å². The summed E-state index contributed by atoms with van der Waals surface area (Å²) in [7, 11) is 1.38. The third-order valence-electron chi connectivity index (χ3n) is 6.09. The van der Waals surface area contributed by atoms with E-state index < -0.39 is 5.82 Å². The van der Waals surface area contributed by atoms with E-state index in [9.17, 15) is 9.18 Å². The van der Waals surface area contributed by atoms with Gasteiger partial charge < -0.3 is 18.9 Å². The van der Waals surface area contributed by atoms with Crippen molar-refractivity contribution in [3.8, 4) is 17.1 Å². The van der Waals surface area contributed by atoms with E-state index in [1.807, 2.05) is 36.4 Å². The third-order valence-corrected chi connectivity index (χ3v) is 6.44. The molecule has 3 heterocycles. The minimum Gasteiger partial charge on any atom is -0.494 e. The van der Waals surface area contributed by atoms with Gasteiger partial charge in [0, 0.05) is 49.8 Å². The number of nitrogens with one attached hydrogen (secondary N) is 1. The summed E-state index contributed by atoms with van der Waals surface area (Å²) in [6.45, 7) is -0.0719. The van der Waals surface area contributed by atoms with Crippen LogP contribution in [0.4, 0.5) is 4.39 Å². The van der Waals surface area contributed by atoms with Gasteiger partial charge in [0.2, 0.25) is 0 Å². The van der Waals surface area contributed by atoms with Crippen molar-refractivity contribution in [2.45, 2.75) is 6.54 Å². The summed E-state index contributed by atoms with van der Waals surface area (Å²) in [6, 6.07) is 18.2. The van der Waals surface area contributed by atoms with Crippen molar-refractivity contribution in [2.75, 3.05) is 7.11 Å². The molecule has 3 aromatic heterocycles. The van der Waals surface area contributed by atoms with Crippen molar-refractivity contribution in [1.82, 2.24) is 5.32 Å². The molecule has 0 fully saturated rings. The fraction of sp³-hybridized carbons (Fsp3) is 0.0741. The topological polar surface area (TPSA) is 64.6 Å². The Balaban J connectivity index is 1.34. The molecule has 5 nitrogen and oxygen atoms in total. The Bertz CT molecular complexity index is 1690. The van der Waals surface area contributed by atoms with E-state index in [1.54, 1.807) is 18.4 Å². The Morgan fingerprint density at radius 1 is 1.00 bits per heavy atom. The first-order valence-electron chi connectivity index (χ1n) is 10.6. The maximum absolute atomic E-state index is 14.6. The van der Waals surface area contributed by atoms with Crippen LogP contribution in [0.3, 0.4) is 0 Å². The first-order valence-corrected chi connectivity index (χ1v) is 11.0. The zero-order valence-corrected chi connectivity index (χ0v) is 18.7. The standard InChI is InChI=1S/C27H17ClFNO4/c1-32-23-9-8-21(28)20(24(23)29)13-30-27(31)15-5-7-17-19(12-15)26-18-11-14(22-3-2-10-33-22)4-6-16(18)25(17)34-26/h2-12H,13H2,1H3,(H,30,31). The number of carbonyl (C=O) groups excluding carboxylic acids is 1. The number of carbonyl (C=O) groups is 1. The van der Waals surface area contributed by atoms with Crippen molar-refractivity contribution in [1.29, 1.82) is 0 Å². The third kappa shape index (κ3) is 3.10. The van der Waals surface area contributed by atoms with Crippen molar-refractivity contribution in [3.05, 3.63) is 88.9 Å². The number of rotatable bonds is 5. The highest BCUT2D eigenvalue weighted by atomic mass is 35.5. The molecule has 1 N–H and O–H groups in total. The van der Waals surface area contributed by atoms with Crippen LogP contribution >= 0.6 is 11.6 Å². The SMILES string of the molecule is COc1ccc(Cl)c(CNC(=O)c2ccc3c(c2)c2oc3c3ccc(-c4ccco4)cc32)c1F. The van der Waals surface area contributed by atoms with Gasteiger partial charge in [-0.1, -0.05) is 17.7 Å². The molecular formula is C27H17ClFNO4. The average Bonchev–Trinajstić information content (AvgIpc) is 3.59. The summed E-state index contributed by atoms with van der Waals surface area (Å²) in [4.78, 5) is 12.9. The fourth-order valence-corrected chi connectivity index (χ4v) is 4.59. The Labute approximate surface area is 198 Å². The summed E-state index contributed by atoms with van der Waals surface area (Å²) in [5.74, 6) is -0.0989. The first kappa shape index (κ1) is 20.6. The molecule has 0 aliphatic carbocycles. The molecule has 1 amide bonds. The van der Waals surface area contributed by atoms with Crippen LogP contribution < -0.4 is 10.1 Å². The summed E-state index contributed by atoms with van der Waals surface area (Å²) < 4.78 is 31.2. The molecule has 0 saturated heterocycles. The molecule has 6 aromatic rings. The van der Waals surface area contributed by atoms with Gasteiger partial charge in [-0.25, -0.2) is 4.39 Å². The number of hydrogen-bond acceptors (Lipinski definition) is 4. The smallest absolute Gasteiger partial charge is 0.251 e. The number of benzene rings is 4. The summed E-state index contributed by atoms with van der Waals surface area (Å²) >= 11 is 6.13. The van der Waals surface area contributed by atoms with E-state index in [2.05, 4.69) is 5.32 Å². The van der Waals surface area contributed by atoms with Crippen LogP contribution in [0.5, 0.6) is 5.75 Å². The normalized spacial score (nSPS) is 11.6. The molecule has 0 spiro atoms. The molecular weight excluding hydrogens is 457 g/mol. The molecule has 7 heteroatoms. The quantitative estimate of drug-likeness (QED) is 0.269. The van der Waals surface area contributed by atoms with Crippen molar-refractivity contribution >= 4 is 50.2 Å². The van der Waals surface area contributed by atoms with Gasteiger partial charge in [0.05, 0.1) is 13.4 Å². The lowest BCUT2D eigenvalue weighted by Gasteiger charge is -2.11. The lowest BCUT2D eigenvalue weighted by Crippen LogP contribution is -2.23. The molecule has 3 aromatic carbocycles. The maximum atomic E-state index is 14.6. The molecule has 0 unspecified atom stereocenters. The van der Waals surface area contributed by atoms with Crippen molar-refractivity contribution < 1.29 is 22.8 Å². The second kappa shape index (κ2) is 7.78. The molecule has 6 rings (SSSR count). The average molecular weight is 474 g/mol. The minimum atomic E-state index is -0.592. The van der Waals surface area contributed by atoms with Crippen LogP contribution in [0.2, 0.25) is 5.02 Å². The number of hydrogen-bond donors (Lipinski definition) is 1. The Morgan fingerprint density at radius 3 is 2.53 bits per heavy atom. The monoisotopic (exact) mass is 473 g/mol. The van der Waals surface area contributed by atoms with E-state index in [0.717, 1.165) is 38.5 Å². The van der Waals surface area contributed by atoms with E-state index in [-0.39, 0.29) is 28.8 Å². The van der Waals surface area contributed by atoms with E-state index in [4.69, 9.17) is 25.2 Å². The molecule has 2 bridgehead atoms. The van der Waals surface area contributed by atoms with Gasteiger partial charge in [-0.15, -0.1) is 0 Å². The molecule has 0 saturated carbocycles. The van der Waals surface area contributed by atoms with Crippen LogP contribution in [-0.2, 0) is 6.54 Å². The van der Waals surface area contributed by atoms with Gasteiger partial charge in [-0.05, 0) is 54.6 Å². The number of fused-ring (bicyclic) bond motifs is 8. The lowest BCUT2D eigenvalue weighted by atomic mass is 9.99. The molecule has 34 heavy (non-hydrogen) atoms. The Morgan fingerprint density at radius 2 is 1.76 bits per heavy atom. The number of methoxy groups -OCH3 is 1. The number of amides is 1. The predicted octanol–water partition coefficient (Wildman–Crippen LogP) is 7.17. The predicted molar refractivity (Wildman–Crippen MR) is 129 cm³/mol. The molecule has 168 valence electrons. The van der Waals surface area contributed by atoms with Gasteiger partial charge in [-0.2, -0.15) is 0 Å². The van der Waals surface area contributed by atoms with Gasteiger partial charge in [-0.3, -0.25) is 4.79 Å². The van der Waals surface area contributed by atoms with Gasteiger partial charge >= 0.3 is 0 Å². The molecule has 0 atom stereocenters. The van der Waals surface area contributed by atoms with Crippen LogP contribution in [0.15, 0.2) is 75.8 Å². The highest BCUT2D eigenvalue weighted by molar-refractivity contribution is 6.31. The summed E-state index contributed by atoms with van der Waals surface area (Å²) in [5, 5.41) is 6.71. The zero-order chi connectivity index (χ0) is 23.4. The van der Waals surface area contributed by atoms with Crippen molar-refractivity contribution in [2.24, 2.45) is 0 Å². The van der Waals surface area contributed by atoms with Crippen LogP contribution in [-0.4, -0.2) is 13.0 Å². The number of halogens is 2. The van der Waals surface area contributed by atoms with Gasteiger partial charge in [0.15, 0.2) is 11.6 Å². The maximum Gasteiger partial charge on any atom is 0.251 e. The minimum absolute atomic E-state index is 0.0698. The Kier molecular flexibility index (Phi) is 4.71. The van der Waals surface area contributed by atoms with E-state index in [0.29, 0.717) is 11.1 Å². The number of furan rings is 3. The Hall–Kier alpha value is -4.03. The summed E-state index contributed by atoms with van der Waals surface area (Å²) in [5.41, 5.74) is 3.04. The van der Waals surface area contributed by atoms with Gasteiger partial charge in [0.1, 0.15) is 16.9 Å². The van der Waals surface area contributed by atoms with Crippen molar-refractivity contribution in [3.63, 3.8) is 0 Å². The molecule has 0 aliphatic rings. The largest absolute Gasteiger partial charge is 0.494 e. The number of ether oxygens (including phenoxy) is 1. The second-order valence-corrected chi connectivity index (χ2v) is 8.39. The second-order valence-electron chi connectivity index (χ2n) is 7.98. The van der Waals surface area contributed by atoms with E-state index >= 15 is 0 Å². The van der Waals surface area contributed by atoms with E-state index in [1.165, 1.54) is 19.2 Å². The highest BCUT2D eigenvalue weighted by Gasteiger charge is 2.20. The molecule has 0 radical (unpaired) electrons. The zero-order valence-electron chi connectivity index (χ0n) is 17.9. The van der Waals surface area contributed by atoms with Crippen LogP contribution in [0, 0.1) is 5.82 Å². The summed E-state index contributed by atoms with van der Waals surface area (Å²) in [6.07, 6.45) is 1.64. The highest BCUT2D eigenvalue weighted by Crippen LogP contribution is 2.42.